The molecule has 4 heteroatoms. The van der Waals surface area contributed by atoms with E-state index in [1.54, 1.807) is 0 Å². The first kappa shape index (κ1) is 15.5. The Hall–Kier alpha value is -0.380. The van der Waals surface area contributed by atoms with Crippen molar-refractivity contribution < 1.29 is 9.59 Å². The van der Waals surface area contributed by atoms with Crippen molar-refractivity contribution in [2.45, 2.75) is 70.7 Å². The summed E-state index contributed by atoms with van der Waals surface area (Å²) >= 11 is 3.62. The molecule has 1 aliphatic heterocycles. The number of alkyl halides is 1. The Morgan fingerprint density at radius 3 is 2.43 bits per heavy atom. The van der Waals surface area contributed by atoms with Crippen molar-refractivity contribution in [2.24, 2.45) is 16.2 Å². The van der Waals surface area contributed by atoms with Crippen molar-refractivity contribution in [1.82, 2.24) is 4.90 Å². The van der Waals surface area contributed by atoms with Crippen LogP contribution in [0.3, 0.4) is 0 Å². The van der Waals surface area contributed by atoms with Crippen molar-refractivity contribution in [3.63, 3.8) is 0 Å². The molecule has 1 heterocycles. The van der Waals surface area contributed by atoms with E-state index in [9.17, 15) is 9.59 Å². The van der Waals surface area contributed by atoms with Gasteiger partial charge >= 0.3 is 0 Å². The van der Waals surface area contributed by atoms with Gasteiger partial charge in [0.25, 0.3) is 0 Å². The lowest BCUT2D eigenvalue weighted by atomic mass is 9.64. The van der Waals surface area contributed by atoms with Crippen molar-refractivity contribution in [1.29, 1.82) is 0 Å². The number of nitrogens with zero attached hydrogens (tertiary/aromatic N) is 1. The van der Waals surface area contributed by atoms with Gasteiger partial charge in [-0.25, -0.2) is 0 Å². The quantitative estimate of drug-likeness (QED) is 0.674. The molecular weight excluding hydrogens is 330 g/mol. The fourth-order valence-electron chi connectivity index (χ4n) is 5.08. The second-order valence-corrected chi connectivity index (χ2v) is 8.91. The summed E-state index contributed by atoms with van der Waals surface area (Å²) in [6.07, 6.45) is 5.05. The van der Waals surface area contributed by atoms with Crippen LogP contribution < -0.4 is 0 Å². The zero-order chi connectivity index (χ0) is 15.6. The smallest absolute Gasteiger partial charge is 0.231 e. The first-order valence-corrected chi connectivity index (χ1v) is 9.11. The number of piperidine rings is 1. The zero-order valence-electron chi connectivity index (χ0n) is 13.5. The number of hydrogen-bond acceptors (Lipinski definition) is 2. The fraction of sp³-hybridized carbons (Fsp3) is 0.882. The van der Waals surface area contributed by atoms with Gasteiger partial charge in [0.2, 0.25) is 5.91 Å². The molecule has 0 aromatic heterocycles. The number of ketones is 1. The van der Waals surface area contributed by atoms with Crippen LogP contribution in [-0.4, -0.2) is 34.0 Å². The summed E-state index contributed by atoms with van der Waals surface area (Å²) < 4.78 is 0. The molecule has 0 radical (unpaired) electrons. The van der Waals surface area contributed by atoms with Crippen molar-refractivity contribution >= 4 is 27.6 Å². The Morgan fingerprint density at radius 1 is 1.24 bits per heavy atom. The standard InChI is InChI=1S/C17H26BrNO2/c1-11-7-5-6-10-19(11)14(21)17-9-8-16(4,15(17,2)3)13(20)12(17)18/h11-12H,5-10H2,1-4H3. The van der Waals surface area contributed by atoms with Crippen LogP contribution >= 0.6 is 15.9 Å². The lowest BCUT2D eigenvalue weighted by Gasteiger charge is -2.45. The first-order valence-electron chi connectivity index (χ1n) is 8.19. The third-order valence-electron chi connectivity index (χ3n) is 7.17. The van der Waals surface area contributed by atoms with Crippen LogP contribution in [-0.2, 0) is 9.59 Å². The van der Waals surface area contributed by atoms with Gasteiger partial charge in [-0.2, -0.15) is 0 Å². The molecule has 3 nitrogen and oxygen atoms in total. The number of halogens is 1. The third-order valence-corrected chi connectivity index (χ3v) is 8.36. The Bertz CT molecular complexity index is 503. The van der Waals surface area contributed by atoms with Crippen LogP contribution in [0.5, 0.6) is 0 Å². The van der Waals surface area contributed by atoms with Crippen LogP contribution in [0.25, 0.3) is 0 Å². The van der Waals surface area contributed by atoms with E-state index in [0.717, 1.165) is 32.2 Å². The predicted molar refractivity (Wildman–Crippen MR) is 86.3 cm³/mol. The second kappa shape index (κ2) is 4.56. The summed E-state index contributed by atoms with van der Waals surface area (Å²) in [5.41, 5.74) is -1.19. The average Bonchev–Trinajstić information content (AvgIpc) is 2.71. The molecule has 0 aromatic rings. The maximum Gasteiger partial charge on any atom is 0.231 e. The van der Waals surface area contributed by atoms with E-state index < -0.39 is 5.41 Å². The SMILES string of the molecule is CC1CCCCN1C(=O)C12CCC(C)(C(=O)C1Br)C2(C)C. The molecule has 1 saturated heterocycles. The zero-order valence-corrected chi connectivity index (χ0v) is 15.1. The molecule has 4 unspecified atom stereocenters. The molecule has 3 rings (SSSR count). The molecule has 21 heavy (non-hydrogen) atoms. The van der Waals surface area contributed by atoms with Gasteiger partial charge in [0, 0.05) is 18.0 Å². The lowest BCUT2D eigenvalue weighted by Crippen LogP contribution is -2.55. The van der Waals surface area contributed by atoms with E-state index in [-0.39, 0.29) is 27.3 Å². The number of amides is 1. The van der Waals surface area contributed by atoms with E-state index in [4.69, 9.17) is 0 Å². The summed E-state index contributed by atoms with van der Waals surface area (Å²) in [4.78, 5) is 27.9. The molecular formula is C17H26BrNO2. The Morgan fingerprint density at radius 2 is 1.90 bits per heavy atom. The number of carbonyl (C=O) groups is 2. The minimum Gasteiger partial charge on any atom is -0.339 e. The number of likely N-dealkylation sites (tertiary alicyclic amines) is 1. The minimum atomic E-state index is -0.551. The molecule has 3 aliphatic rings. The van der Waals surface area contributed by atoms with E-state index in [1.165, 1.54) is 6.42 Å². The maximum absolute atomic E-state index is 13.4. The highest BCUT2D eigenvalue weighted by molar-refractivity contribution is 9.10. The maximum atomic E-state index is 13.4. The molecule has 0 spiro atoms. The van der Waals surface area contributed by atoms with Gasteiger partial charge < -0.3 is 4.90 Å². The fourth-order valence-corrected chi connectivity index (χ4v) is 6.58. The van der Waals surface area contributed by atoms with Crippen LogP contribution in [0.15, 0.2) is 0 Å². The van der Waals surface area contributed by atoms with Crippen LogP contribution in [0.2, 0.25) is 0 Å². The predicted octanol–water partition coefficient (Wildman–Crippen LogP) is 3.55. The summed E-state index contributed by atoms with van der Waals surface area (Å²) in [7, 11) is 0. The van der Waals surface area contributed by atoms with Gasteiger partial charge in [0.15, 0.2) is 5.78 Å². The summed E-state index contributed by atoms with van der Waals surface area (Å²) in [5, 5.41) is 0. The number of Topliss-reactive ketones (excluding diaryl/α,β-unsaturated/α-hetero) is 1. The van der Waals surface area contributed by atoms with Gasteiger partial charge in [0.05, 0.1) is 10.2 Å². The monoisotopic (exact) mass is 355 g/mol. The normalized spacial score (nSPS) is 45.2. The van der Waals surface area contributed by atoms with Crippen LogP contribution in [0.1, 0.15) is 59.8 Å². The molecule has 118 valence electrons. The van der Waals surface area contributed by atoms with Gasteiger partial charge in [0.1, 0.15) is 0 Å². The molecule has 0 aromatic carbocycles. The average molecular weight is 356 g/mol. The van der Waals surface area contributed by atoms with Gasteiger partial charge in [-0.15, -0.1) is 0 Å². The summed E-state index contributed by atoms with van der Waals surface area (Å²) in [5.74, 6) is 0.452. The van der Waals surface area contributed by atoms with Crippen LogP contribution in [0, 0.1) is 16.2 Å². The Balaban J connectivity index is 2.03. The molecule has 1 amide bonds. The molecule has 2 bridgehead atoms. The largest absolute Gasteiger partial charge is 0.339 e. The number of rotatable bonds is 1. The van der Waals surface area contributed by atoms with E-state index >= 15 is 0 Å². The van der Waals surface area contributed by atoms with E-state index in [0.29, 0.717) is 6.04 Å². The highest BCUT2D eigenvalue weighted by Gasteiger charge is 2.77. The second-order valence-electron chi connectivity index (χ2n) is 8.00. The minimum absolute atomic E-state index is 0.219. The molecule has 3 fully saturated rings. The Labute approximate surface area is 136 Å². The molecule has 2 aliphatic carbocycles. The summed E-state index contributed by atoms with van der Waals surface area (Å²) in [6, 6.07) is 0.304. The van der Waals surface area contributed by atoms with E-state index in [1.807, 2.05) is 0 Å². The molecule has 4 atom stereocenters. The van der Waals surface area contributed by atoms with Crippen molar-refractivity contribution in [2.75, 3.05) is 6.54 Å². The summed E-state index contributed by atoms with van der Waals surface area (Å²) in [6.45, 7) is 9.32. The number of carbonyl (C=O) groups excluding carboxylic acids is 2. The van der Waals surface area contributed by atoms with Crippen molar-refractivity contribution in [3.8, 4) is 0 Å². The Kier molecular flexibility index (Phi) is 3.37. The highest BCUT2D eigenvalue weighted by Crippen LogP contribution is 2.72. The van der Waals surface area contributed by atoms with Crippen molar-refractivity contribution in [3.05, 3.63) is 0 Å². The van der Waals surface area contributed by atoms with Crippen LogP contribution in [0.4, 0.5) is 0 Å². The van der Waals surface area contributed by atoms with Gasteiger partial charge in [-0.1, -0.05) is 36.7 Å². The van der Waals surface area contributed by atoms with Gasteiger partial charge in [-0.05, 0) is 44.4 Å². The molecule has 0 N–H and O–H groups in total. The number of fused-ring (bicyclic) bond motifs is 2. The highest BCUT2D eigenvalue weighted by atomic mass is 79.9. The third kappa shape index (κ3) is 1.60. The topological polar surface area (TPSA) is 37.4 Å². The number of hydrogen-bond donors (Lipinski definition) is 0. The van der Waals surface area contributed by atoms with E-state index in [2.05, 4.69) is 48.5 Å². The lowest BCUT2D eigenvalue weighted by molar-refractivity contribution is -0.150. The van der Waals surface area contributed by atoms with Gasteiger partial charge in [-0.3, -0.25) is 9.59 Å². The molecule has 2 saturated carbocycles. The first-order chi connectivity index (χ1) is 9.70.